The number of fused-ring (bicyclic) bond motifs is 2. The summed E-state index contributed by atoms with van der Waals surface area (Å²) in [6.45, 7) is 10.9. The highest BCUT2D eigenvalue weighted by atomic mass is 19.1. The lowest BCUT2D eigenvalue weighted by molar-refractivity contribution is 0.437. The van der Waals surface area contributed by atoms with Gasteiger partial charge in [0.15, 0.2) is 17.4 Å². The van der Waals surface area contributed by atoms with E-state index in [9.17, 15) is 9.50 Å². The van der Waals surface area contributed by atoms with Gasteiger partial charge < -0.3 is 10.0 Å². The zero-order valence-corrected chi connectivity index (χ0v) is 19.3. The van der Waals surface area contributed by atoms with Crippen LogP contribution in [-0.2, 0) is 7.05 Å². The maximum Gasteiger partial charge on any atom is 0.193 e. The van der Waals surface area contributed by atoms with Crippen molar-refractivity contribution in [2.45, 2.75) is 34.1 Å². The Balaban J connectivity index is 1.73. The van der Waals surface area contributed by atoms with Gasteiger partial charge in [0.1, 0.15) is 5.52 Å². The second-order valence-electron chi connectivity index (χ2n) is 9.08. The van der Waals surface area contributed by atoms with Gasteiger partial charge in [-0.3, -0.25) is 4.68 Å². The molecule has 4 rings (SSSR count). The highest BCUT2D eigenvalue weighted by molar-refractivity contribution is 5.89. The molecule has 0 aliphatic carbocycles. The molecule has 0 amide bonds. The quantitative estimate of drug-likeness (QED) is 0.413. The summed E-state index contributed by atoms with van der Waals surface area (Å²) in [5, 5.41) is 16.0. The van der Waals surface area contributed by atoms with E-state index in [2.05, 4.69) is 59.8 Å². The molecule has 0 saturated heterocycles. The maximum atomic E-state index is 14.7. The Hall–Kier alpha value is -3.22. The Morgan fingerprint density at radius 3 is 2.62 bits per heavy atom. The van der Waals surface area contributed by atoms with Crippen LogP contribution in [0.5, 0.6) is 5.75 Å². The normalized spacial score (nSPS) is 12.7. The van der Waals surface area contributed by atoms with E-state index in [1.165, 1.54) is 4.68 Å². The Morgan fingerprint density at radius 1 is 1.12 bits per heavy atom. The van der Waals surface area contributed by atoms with Gasteiger partial charge in [0.05, 0.1) is 11.1 Å². The summed E-state index contributed by atoms with van der Waals surface area (Å²) < 4.78 is 16.2. The number of hydrogen-bond acceptors (Lipinski definition) is 5. The van der Waals surface area contributed by atoms with E-state index in [-0.39, 0.29) is 16.9 Å². The molecule has 7 heteroatoms. The molecule has 168 valence electrons. The summed E-state index contributed by atoms with van der Waals surface area (Å²) >= 11 is 0. The molecule has 6 nitrogen and oxygen atoms in total. The molecule has 4 aromatic rings. The fourth-order valence-electron chi connectivity index (χ4n) is 3.99. The van der Waals surface area contributed by atoms with Gasteiger partial charge in [-0.2, -0.15) is 5.10 Å². The SMILES string of the molecule is CC[C@@H](C)CN(CC(C)C)c1ccc2nc(-c3cc4cn(C)nc4c(F)c3O)ncc2c1. The van der Waals surface area contributed by atoms with Crippen LogP contribution in [0, 0.1) is 17.7 Å². The molecule has 0 aliphatic rings. The van der Waals surface area contributed by atoms with E-state index >= 15 is 0 Å². The Kier molecular flexibility index (Phi) is 6.00. The average Bonchev–Trinajstić information content (AvgIpc) is 3.15. The number of rotatable bonds is 7. The van der Waals surface area contributed by atoms with Gasteiger partial charge in [0.25, 0.3) is 0 Å². The second kappa shape index (κ2) is 8.73. The van der Waals surface area contributed by atoms with Crippen LogP contribution < -0.4 is 4.90 Å². The molecule has 1 N–H and O–H groups in total. The molecule has 2 aromatic carbocycles. The lowest BCUT2D eigenvalue weighted by atomic mass is 10.1. The first kappa shape index (κ1) is 22.0. The van der Waals surface area contributed by atoms with Crippen molar-refractivity contribution in [1.82, 2.24) is 19.7 Å². The summed E-state index contributed by atoms with van der Waals surface area (Å²) in [6.07, 6.45) is 4.58. The number of halogens is 1. The van der Waals surface area contributed by atoms with E-state index in [4.69, 9.17) is 0 Å². The fourth-order valence-corrected chi connectivity index (χ4v) is 3.99. The molecule has 0 saturated carbocycles. The molecule has 0 bridgehead atoms. The maximum absolute atomic E-state index is 14.7. The highest BCUT2D eigenvalue weighted by Gasteiger charge is 2.19. The zero-order valence-electron chi connectivity index (χ0n) is 19.3. The summed E-state index contributed by atoms with van der Waals surface area (Å²) in [6, 6.07) is 7.83. The highest BCUT2D eigenvalue weighted by Crippen LogP contribution is 2.35. The van der Waals surface area contributed by atoms with E-state index in [1.807, 2.05) is 6.07 Å². The smallest absolute Gasteiger partial charge is 0.193 e. The van der Waals surface area contributed by atoms with Crippen molar-refractivity contribution in [3.63, 3.8) is 0 Å². The number of aryl methyl sites for hydroxylation is 1. The van der Waals surface area contributed by atoms with E-state index in [0.29, 0.717) is 17.2 Å². The predicted octanol–water partition coefficient (Wildman–Crippen LogP) is 5.54. The Morgan fingerprint density at radius 2 is 1.91 bits per heavy atom. The third-order valence-corrected chi connectivity index (χ3v) is 5.81. The molecule has 2 heterocycles. The van der Waals surface area contributed by atoms with Crippen LogP contribution >= 0.6 is 0 Å². The Bertz CT molecular complexity index is 1270. The lowest BCUT2D eigenvalue weighted by Crippen LogP contribution is -2.31. The summed E-state index contributed by atoms with van der Waals surface area (Å²) in [5.41, 5.74) is 2.28. The van der Waals surface area contributed by atoms with Crippen molar-refractivity contribution in [3.8, 4) is 17.1 Å². The lowest BCUT2D eigenvalue weighted by Gasteiger charge is -2.29. The number of phenolic OH excluding ortho intramolecular Hbond substituents is 1. The topological polar surface area (TPSA) is 67.1 Å². The van der Waals surface area contributed by atoms with Crippen LogP contribution in [0.15, 0.2) is 36.7 Å². The number of hydrogen-bond donors (Lipinski definition) is 1. The predicted molar refractivity (Wildman–Crippen MR) is 127 cm³/mol. The van der Waals surface area contributed by atoms with Gasteiger partial charge in [0, 0.05) is 49.0 Å². The first-order valence-electron chi connectivity index (χ1n) is 11.1. The minimum Gasteiger partial charge on any atom is -0.504 e. The van der Waals surface area contributed by atoms with Gasteiger partial charge in [-0.05, 0) is 36.1 Å². The number of phenols is 1. The number of aromatic nitrogens is 4. The zero-order chi connectivity index (χ0) is 23.0. The van der Waals surface area contributed by atoms with Crippen LogP contribution in [-0.4, -0.2) is 37.9 Å². The van der Waals surface area contributed by atoms with Crippen molar-refractivity contribution in [1.29, 1.82) is 0 Å². The summed E-state index contributed by atoms with van der Waals surface area (Å²) in [4.78, 5) is 11.5. The molecule has 0 unspecified atom stereocenters. The molecule has 0 aliphatic heterocycles. The first-order chi connectivity index (χ1) is 15.3. The molecule has 1 atom stereocenters. The van der Waals surface area contributed by atoms with Gasteiger partial charge in [0.2, 0.25) is 0 Å². The number of anilines is 1. The average molecular weight is 436 g/mol. The van der Waals surface area contributed by atoms with E-state index < -0.39 is 11.6 Å². The summed E-state index contributed by atoms with van der Waals surface area (Å²) in [7, 11) is 1.71. The van der Waals surface area contributed by atoms with Crippen LogP contribution in [0.2, 0.25) is 0 Å². The van der Waals surface area contributed by atoms with Crippen molar-refractivity contribution in [2.75, 3.05) is 18.0 Å². The number of nitrogens with zero attached hydrogens (tertiary/aromatic N) is 5. The van der Waals surface area contributed by atoms with Crippen molar-refractivity contribution >= 4 is 27.5 Å². The van der Waals surface area contributed by atoms with E-state index in [0.717, 1.165) is 36.1 Å². The second-order valence-corrected chi connectivity index (χ2v) is 9.08. The standard InChI is InChI=1S/C25H30FN5O/c1-6-16(4)13-31(12-15(2)3)19-7-8-21-17(9-19)11-27-25(28-21)20-10-18-14-30(5)29-23(18)22(26)24(20)32/h7-11,14-16,32H,6,12-13H2,1-5H3/t16-/m1/s1. The minimum atomic E-state index is -0.758. The van der Waals surface area contributed by atoms with Gasteiger partial charge in [-0.15, -0.1) is 0 Å². The number of aromatic hydroxyl groups is 1. The van der Waals surface area contributed by atoms with Crippen molar-refractivity contribution < 1.29 is 9.50 Å². The largest absolute Gasteiger partial charge is 0.504 e. The number of benzene rings is 2. The minimum absolute atomic E-state index is 0.130. The molecule has 0 fully saturated rings. The molecular formula is C25H30FN5O. The monoisotopic (exact) mass is 435 g/mol. The molecule has 2 aromatic heterocycles. The third kappa shape index (κ3) is 4.24. The van der Waals surface area contributed by atoms with Crippen molar-refractivity contribution in [2.24, 2.45) is 18.9 Å². The van der Waals surface area contributed by atoms with Crippen LogP contribution in [0.3, 0.4) is 0 Å². The third-order valence-electron chi connectivity index (χ3n) is 5.81. The van der Waals surface area contributed by atoms with Gasteiger partial charge >= 0.3 is 0 Å². The Labute approximate surface area is 187 Å². The van der Waals surface area contributed by atoms with E-state index in [1.54, 1.807) is 25.5 Å². The van der Waals surface area contributed by atoms with Crippen LogP contribution in [0.1, 0.15) is 34.1 Å². The molecule has 32 heavy (non-hydrogen) atoms. The fraction of sp³-hybridized carbons (Fsp3) is 0.400. The van der Waals surface area contributed by atoms with Gasteiger partial charge in [-0.1, -0.05) is 34.1 Å². The van der Waals surface area contributed by atoms with Crippen LogP contribution in [0.25, 0.3) is 33.2 Å². The summed E-state index contributed by atoms with van der Waals surface area (Å²) in [5.74, 6) is 0.193. The molecule has 0 radical (unpaired) electrons. The first-order valence-corrected chi connectivity index (χ1v) is 11.1. The van der Waals surface area contributed by atoms with Crippen molar-refractivity contribution in [3.05, 3.63) is 42.5 Å². The molecule has 0 spiro atoms. The van der Waals surface area contributed by atoms with Crippen LogP contribution in [0.4, 0.5) is 10.1 Å². The molecular weight excluding hydrogens is 405 g/mol. The van der Waals surface area contributed by atoms with Gasteiger partial charge in [-0.25, -0.2) is 14.4 Å².